The second kappa shape index (κ2) is 18.3. The van der Waals surface area contributed by atoms with Gasteiger partial charge in [-0.25, -0.2) is 9.59 Å². The van der Waals surface area contributed by atoms with Crippen molar-refractivity contribution in [3.63, 3.8) is 0 Å². The number of methoxy groups -OCH3 is 1. The SMILES string of the molecule is COC(=O)[C@H]1O[C@@H](O[C@H]2C=CC3[C@H]4Cc5ccc(OC(=O)c6ccccc6)c6c5[C@@]3(CCN4C)[C@H]2O6)[C@H](O[C-]=O)[C@@H](O[C-]=O)[C@@H]1O[C-]=O.[Pr].[Pr].[Pr]. The third-order valence-corrected chi connectivity index (χ3v) is 10.1. The van der Waals surface area contributed by atoms with Crippen LogP contribution in [0.3, 0.4) is 0 Å². The molecule has 10 atom stereocenters. The largest absolute Gasteiger partial charge is 0.646 e. The molecule has 7 rings (SSSR count). The maximum Gasteiger partial charge on any atom is 0.343 e. The molecule has 0 amide bonds. The number of nitrogens with zero attached hydrogens (tertiary/aromatic N) is 1. The third kappa shape index (κ3) is 7.62. The van der Waals surface area contributed by atoms with Crippen molar-refractivity contribution >= 4 is 31.4 Å². The first-order chi connectivity index (χ1) is 23.4. The van der Waals surface area contributed by atoms with E-state index in [1.807, 2.05) is 12.1 Å². The summed E-state index contributed by atoms with van der Waals surface area (Å²) in [4.78, 5) is 62.3. The minimum atomic E-state index is -1.66. The fourth-order valence-corrected chi connectivity index (χ4v) is 8.08. The zero-order chi connectivity index (χ0) is 33.6. The van der Waals surface area contributed by atoms with Gasteiger partial charge in [0.25, 0.3) is 0 Å². The summed E-state index contributed by atoms with van der Waals surface area (Å²) in [6.07, 6.45) is -4.31. The topological polar surface area (TPSA) is 162 Å². The predicted octanol–water partition coefficient (Wildman–Crippen LogP) is 0.991. The molecule has 5 aliphatic rings. The van der Waals surface area contributed by atoms with Crippen molar-refractivity contribution in [2.75, 3.05) is 20.7 Å². The molecule has 2 aromatic rings. The van der Waals surface area contributed by atoms with Gasteiger partial charge in [0.2, 0.25) is 0 Å². The van der Waals surface area contributed by atoms with Gasteiger partial charge in [-0.05, 0) is 50.2 Å². The van der Waals surface area contributed by atoms with Crippen LogP contribution < -0.4 is 9.47 Å². The summed E-state index contributed by atoms with van der Waals surface area (Å²) in [6, 6.07) is 12.5. The van der Waals surface area contributed by atoms with Crippen molar-refractivity contribution in [2.24, 2.45) is 5.92 Å². The minimum absolute atomic E-state index is 0. The molecule has 2 aliphatic carbocycles. The van der Waals surface area contributed by atoms with Gasteiger partial charge in [-0.3, -0.25) is 0 Å². The number of esters is 2. The van der Waals surface area contributed by atoms with E-state index in [1.54, 1.807) is 36.4 Å². The number of hydrogen-bond acceptors (Lipinski definition) is 14. The summed E-state index contributed by atoms with van der Waals surface area (Å²) in [5.74, 6) is -0.830. The molecule has 3 radical (unpaired) electrons. The zero-order valence-corrected chi connectivity index (χ0v) is 38.6. The number of benzene rings is 2. The van der Waals surface area contributed by atoms with Crippen LogP contribution in [0.1, 0.15) is 27.9 Å². The molecule has 17 heteroatoms. The van der Waals surface area contributed by atoms with Crippen molar-refractivity contribution < 1.29 is 186 Å². The van der Waals surface area contributed by atoms with Crippen LogP contribution in [0.15, 0.2) is 54.6 Å². The summed E-state index contributed by atoms with van der Waals surface area (Å²) in [5.41, 5.74) is 1.77. The average Bonchev–Trinajstić information content (AvgIpc) is 3.46. The molecule has 1 spiro atoms. The number of rotatable bonds is 11. The fraction of sp³-hybridized carbons (Fsp3) is 0.441. The van der Waals surface area contributed by atoms with Crippen LogP contribution in [0.2, 0.25) is 0 Å². The van der Waals surface area contributed by atoms with Gasteiger partial charge in [0.15, 0.2) is 30.0 Å². The molecule has 0 aromatic heterocycles. The Morgan fingerprint density at radius 1 is 0.902 bits per heavy atom. The van der Waals surface area contributed by atoms with E-state index in [4.69, 9.17) is 37.9 Å². The molecule has 2 bridgehead atoms. The van der Waals surface area contributed by atoms with E-state index in [0.29, 0.717) is 17.7 Å². The van der Waals surface area contributed by atoms with Crippen molar-refractivity contribution in [3.8, 4) is 11.5 Å². The third-order valence-electron chi connectivity index (χ3n) is 10.1. The predicted molar refractivity (Wildman–Crippen MR) is 159 cm³/mol. The van der Waals surface area contributed by atoms with Gasteiger partial charge in [-0.1, -0.05) is 55.8 Å². The quantitative estimate of drug-likeness (QED) is 0.103. The average molecular weight is 1080 g/mol. The molecule has 2 saturated heterocycles. The summed E-state index contributed by atoms with van der Waals surface area (Å²) in [5, 5.41) is 0. The number of piperidine rings is 1. The summed E-state index contributed by atoms with van der Waals surface area (Å²) in [7, 11) is 3.17. The van der Waals surface area contributed by atoms with Crippen molar-refractivity contribution in [2.45, 2.75) is 67.2 Å². The first kappa shape index (κ1) is 43.0. The summed E-state index contributed by atoms with van der Waals surface area (Å²) >= 11 is 0. The number of carbonyl (C=O) groups excluding carboxylic acids is 5. The van der Waals surface area contributed by atoms with E-state index in [0.717, 1.165) is 31.2 Å². The van der Waals surface area contributed by atoms with Crippen LogP contribution in [-0.2, 0) is 59.4 Å². The van der Waals surface area contributed by atoms with Crippen molar-refractivity contribution in [1.29, 1.82) is 0 Å². The van der Waals surface area contributed by atoms with Crippen molar-refractivity contribution in [1.82, 2.24) is 4.90 Å². The van der Waals surface area contributed by atoms with Gasteiger partial charge in [0.05, 0.1) is 12.7 Å². The molecule has 2 fully saturated rings. The Kier molecular flexibility index (Phi) is 15.4. The summed E-state index contributed by atoms with van der Waals surface area (Å²) < 4.78 is 44.9. The standard InChI is InChI=1S/C34H30NO13.3Pr/c1-35-13-12-34-20-9-11-23(46-33-29(44-17-38)27(43-16-37)26(42-15-36)28(48-33)32(40)41-2)30(34)47-25-22(10-8-19(24(25)34)14-21(20)35)45-31(39)18-6-4-3-5-7-18;;;/h3-11,20-21,23,26-30,33H,12-14H2,1-2H3;;;/q-3;;;/t20?,21-,23+,26+,27+,28+,29-,30+,33-,34+;;;/m1.../s1. The molecule has 3 aliphatic heterocycles. The smallest absolute Gasteiger partial charge is 0.343 e. The molecule has 1 unspecified atom stereocenters. The minimum Gasteiger partial charge on any atom is -0.646 e. The molecular weight excluding hydrogens is 1050 g/mol. The van der Waals surface area contributed by atoms with Gasteiger partial charge in [0, 0.05) is 147 Å². The van der Waals surface area contributed by atoms with E-state index >= 15 is 0 Å². The van der Waals surface area contributed by atoms with Crippen LogP contribution in [0.5, 0.6) is 11.5 Å². The Hall–Kier alpha value is -0.699. The Morgan fingerprint density at radius 3 is 2.27 bits per heavy atom. The van der Waals surface area contributed by atoms with Crippen LogP contribution >= 0.6 is 0 Å². The van der Waals surface area contributed by atoms with E-state index in [1.165, 1.54) is 19.4 Å². The van der Waals surface area contributed by atoms with E-state index < -0.39 is 60.3 Å². The maximum absolute atomic E-state index is 13.1. The Balaban J connectivity index is 0.00000194. The van der Waals surface area contributed by atoms with Crippen LogP contribution in [-0.4, -0.2) is 106 Å². The van der Waals surface area contributed by atoms with E-state index in [2.05, 4.69) is 18.0 Å². The molecule has 0 saturated carbocycles. The molecule has 261 valence electrons. The van der Waals surface area contributed by atoms with Gasteiger partial charge < -0.3 is 57.2 Å². The van der Waals surface area contributed by atoms with E-state index in [-0.39, 0.29) is 142 Å². The summed E-state index contributed by atoms with van der Waals surface area (Å²) in [6.45, 7) is 4.45. The first-order valence-corrected chi connectivity index (χ1v) is 15.3. The van der Waals surface area contributed by atoms with E-state index in [9.17, 15) is 24.0 Å². The van der Waals surface area contributed by atoms with Crippen LogP contribution in [0.25, 0.3) is 0 Å². The number of likely N-dealkylation sites (tertiary alicyclic amines) is 1. The Labute approximate surface area is 393 Å². The zero-order valence-electron chi connectivity index (χ0n) is 27.5. The van der Waals surface area contributed by atoms with Crippen LogP contribution in [0.4, 0.5) is 0 Å². The van der Waals surface area contributed by atoms with Gasteiger partial charge >= 0.3 is 11.9 Å². The molecule has 14 nitrogen and oxygen atoms in total. The number of carbonyl (C=O) groups is 2. The number of hydrogen-bond donors (Lipinski definition) is 0. The molecular formula is C34H30NO13Pr3-3. The second-order valence-electron chi connectivity index (χ2n) is 12.2. The normalized spacial score (nSPS) is 32.1. The molecule has 2 aromatic carbocycles. The molecule has 3 heterocycles. The molecule has 51 heavy (non-hydrogen) atoms. The second-order valence-corrected chi connectivity index (χ2v) is 12.2. The Bertz CT molecular complexity index is 1650. The maximum atomic E-state index is 13.1. The molecule has 0 N–H and O–H groups in total. The number of likely N-dealkylation sites (N-methyl/N-ethyl adjacent to an activating group) is 1. The van der Waals surface area contributed by atoms with Gasteiger partial charge in [-0.2, -0.15) is 0 Å². The first-order valence-electron chi connectivity index (χ1n) is 15.3. The van der Waals surface area contributed by atoms with Gasteiger partial charge in [-0.15, -0.1) is 0 Å². The van der Waals surface area contributed by atoms with Gasteiger partial charge in [0.1, 0.15) is 24.4 Å². The van der Waals surface area contributed by atoms with Crippen LogP contribution in [0, 0.1) is 130 Å². The Morgan fingerprint density at radius 2 is 1.59 bits per heavy atom. The number of ether oxygens (including phenoxy) is 8. The fourth-order valence-electron chi connectivity index (χ4n) is 8.08. The van der Waals surface area contributed by atoms with Crippen molar-refractivity contribution in [3.05, 3.63) is 71.3 Å². The monoisotopic (exact) mass is 1080 g/mol.